The van der Waals surface area contributed by atoms with Gasteiger partial charge >= 0.3 is 12.0 Å². The van der Waals surface area contributed by atoms with Crippen LogP contribution in [0.5, 0.6) is 0 Å². The van der Waals surface area contributed by atoms with E-state index in [2.05, 4.69) is 5.32 Å². The van der Waals surface area contributed by atoms with Crippen LogP contribution in [-0.2, 0) is 16.1 Å². The molecule has 6 nitrogen and oxygen atoms in total. The van der Waals surface area contributed by atoms with Gasteiger partial charge in [0.1, 0.15) is 5.82 Å². The van der Waals surface area contributed by atoms with Crippen molar-refractivity contribution in [2.24, 2.45) is 5.92 Å². The lowest BCUT2D eigenvalue weighted by molar-refractivity contribution is -0.142. The van der Waals surface area contributed by atoms with Crippen molar-refractivity contribution in [1.82, 2.24) is 10.2 Å². The van der Waals surface area contributed by atoms with Crippen LogP contribution in [0.4, 0.5) is 9.18 Å². The highest BCUT2D eigenvalue weighted by Gasteiger charge is 2.28. The molecule has 0 atom stereocenters. The van der Waals surface area contributed by atoms with Gasteiger partial charge in [-0.3, -0.25) is 4.79 Å². The Hall–Kier alpha value is -1.86. The third-order valence-electron chi connectivity index (χ3n) is 4.63. The molecular formula is C18H24ClFN2O4. The van der Waals surface area contributed by atoms with Crippen molar-refractivity contribution >= 4 is 23.6 Å². The second-order valence-corrected chi connectivity index (χ2v) is 6.89. The van der Waals surface area contributed by atoms with E-state index in [1.165, 1.54) is 12.1 Å². The maximum atomic E-state index is 13.2. The lowest BCUT2D eigenvalue weighted by Crippen LogP contribution is -2.47. The summed E-state index contributed by atoms with van der Waals surface area (Å²) < 4.78 is 18.3. The molecule has 0 radical (unpaired) electrons. The largest absolute Gasteiger partial charge is 0.481 e. The van der Waals surface area contributed by atoms with E-state index in [1.54, 1.807) is 18.1 Å². The van der Waals surface area contributed by atoms with Crippen molar-refractivity contribution in [2.75, 3.05) is 20.3 Å². The highest BCUT2D eigenvalue weighted by Crippen LogP contribution is 2.25. The number of methoxy groups -OCH3 is 1. The SMILES string of the molecule is COCCN(Cc1ccc(F)cc1Cl)C(=O)NC1CCC(C(=O)O)CC1. The normalized spacial score (nSPS) is 19.8. The molecule has 0 bridgehead atoms. The number of rotatable bonds is 7. The van der Waals surface area contributed by atoms with Crippen molar-refractivity contribution in [3.8, 4) is 0 Å². The molecule has 1 saturated carbocycles. The van der Waals surface area contributed by atoms with Crippen LogP contribution < -0.4 is 5.32 Å². The number of nitrogens with one attached hydrogen (secondary N) is 1. The van der Waals surface area contributed by atoms with Gasteiger partial charge in [0.25, 0.3) is 0 Å². The molecule has 8 heteroatoms. The van der Waals surface area contributed by atoms with Gasteiger partial charge in [0.15, 0.2) is 0 Å². The third kappa shape index (κ3) is 5.85. The lowest BCUT2D eigenvalue weighted by atomic mass is 9.86. The number of halogens is 2. The van der Waals surface area contributed by atoms with Crippen LogP contribution in [0, 0.1) is 11.7 Å². The van der Waals surface area contributed by atoms with Crippen molar-refractivity contribution in [1.29, 1.82) is 0 Å². The summed E-state index contributed by atoms with van der Waals surface area (Å²) >= 11 is 6.06. The first-order chi connectivity index (χ1) is 12.4. The molecule has 2 rings (SSSR count). The number of ether oxygens (including phenoxy) is 1. The van der Waals surface area contributed by atoms with Crippen LogP contribution in [0.15, 0.2) is 18.2 Å². The van der Waals surface area contributed by atoms with Crippen molar-refractivity contribution in [3.63, 3.8) is 0 Å². The summed E-state index contributed by atoms with van der Waals surface area (Å²) in [6.07, 6.45) is 2.39. The summed E-state index contributed by atoms with van der Waals surface area (Å²) in [6.45, 7) is 0.956. The van der Waals surface area contributed by atoms with Gasteiger partial charge in [-0.05, 0) is 43.4 Å². The second kappa shape index (κ2) is 9.73. The quantitative estimate of drug-likeness (QED) is 0.753. The Morgan fingerprint density at radius 2 is 2.04 bits per heavy atom. The summed E-state index contributed by atoms with van der Waals surface area (Å²) in [7, 11) is 1.55. The van der Waals surface area contributed by atoms with Gasteiger partial charge in [-0.15, -0.1) is 0 Å². The zero-order chi connectivity index (χ0) is 19.1. The van der Waals surface area contributed by atoms with Crippen LogP contribution >= 0.6 is 11.6 Å². The Bertz CT molecular complexity index is 636. The summed E-state index contributed by atoms with van der Waals surface area (Å²) in [5.74, 6) is -1.53. The molecule has 1 aliphatic carbocycles. The number of hydrogen-bond donors (Lipinski definition) is 2. The summed E-state index contributed by atoms with van der Waals surface area (Å²) in [6, 6.07) is 3.77. The first-order valence-corrected chi connectivity index (χ1v) is 8.99. The lowest BCUT2D eigenvalue weighted by Gasteiger charge is -2.30. The number of urea groups is 1. The van der Waals surface area contributed by atoms with E-state index in [4.69, 9.17) is 21.4 Å². The highest BCUT2D eigenvalue weighted by atomic mass is 35.5. The maximum Gasteiger partial charge on any atom is 0.317 e. The number of benzene rings is 1. The molecule has 1 aromatic carbocycles. The minimum absolute atomic E-state index is 0.0492. The van der Waals surface area contributed by atoms with E-state index in [1.807, 2.05) is 0 Å². The fourth-order valence-electron chi connectivity index (χ4n) is 3.06. The van der Waals surface area contributed by atoms with Gasteiger partial charge in [-0.1, -0.05) is 17.7 Å². The smallest absolute Gasteiger partial charge is 0.317 e. The molecule has 0 heterocycles. The molecular weight excluding hydrogens is 363 g/mol. The van der Waals surface area contributed by atoms with Crippen LogP contribution in [-0.4, -0.2) is 48.3 Å². The summed E-state index contributed by atoms with van der Waals surface area (Å²) in [5.41, 5.74) is 0.647. The summed E-state index contributed by atoms with van der Waals surface area (Å²) in [4.78, 5) is 25.2. The third-order valence-corrected chi connectivity index (χ3v) is 4.98. The Kier molecular flexibility index (Phi) is 7.66. The molecule has 2 N–H and O–H groups in total. The topological polar surface area (TPSA) is 78.9 Å². The fourth-order valence-corrected chi connectivity index (χ4v) is 3.29. The van der Waals surface area contributed by atoms with E-state index in [-0.39, 0.29) is 29.6 Å². The van der Waals surface area contributed by atoms with E-state index >= 15 is 0 Å². The first-order valence-electron chi connectivity index (χ1n) is 8.61. The standard InChI is InChI=1S/C18H24ClFN2O4/c1-26-9-8-22(11-13-2-5-14(20)10-16(13)19)18(25)21-15-6-3-12(4-7-15)17(23)24/h2,5,10,12,15H,3-4,6-9,11H2,1H3,(H,21,25)(H,23,24). The Balaban J connectivity index is 1.97. The van der Waals surface area contributed by atoms with Gasteiger partial charge in [0, 0.05) is 31.3 Å². The molecule has 144 valence electrons. The zero-order valence-electron chi connectivity index (χ0n) is 14.7. The van der Waals surface area contributed by atoms with Gasteiger partial charge in [-0.25, -0.2) is 9.18 Å². The minimum atomic E-state index is -0.776. The predicted octanol–water partition coefficient (Wildman–Crippen LogP) is 3.28. The number of hydrogen-bond acceptors (Lipinski definition) is 3. The number of nitrogens with zero attached hydrogens (tertiary/aromatic N) is 1. The highest BCUT2D eigenvalue weighted by molar-refractivity contribution is 6.31. The predicted molar refractivity (Wildman–Crippen MR) is 95.6 cm³/mol. The number of carboxylic acids is 1. The van der Waals surface area contributed by atoms with Gasteiger partial charge in [-0.2, -0.15) is 0 Å². The number of amides is 2. The molecule has 1 aliphatic rings. The van der Waals surface area contributed by atoms with Crippen molar-refractivity contribution < 1.29 is 23.8 Å². The molecule has 0 unspecified atom stereocenters. The van der Waals surface area contributed by atoms with Crippen LogP contribution in [0.2, 0.25) is 5.02 Å². The molecule has 0 spiro atoms. The molecule has 26 heavy (non-hydrogen) atoms. The van der Waals surface area contributed by atoms with Gasteiger partial charge in [0.05, 0.1) is 12.5 Å². The average molecular weight is 387 g/mol. The molecule has 1 aromatic rings. The molecule has 0 saturated heterocycles. The van der Waals surface area contributed by atoms with E-state index in [0.717, 1.165) is 0 Å². The van der Waals surface area contributed by atoms with E-state index in [0.29, 0.717) is 44.4 Å². The Labute approximate surface area is 157 Å². The van der Waals surface area contributed by atoms with Crippen LogP contribution in [0.25, 0.3) is 0 Å². The number of carboxylic acid groups (broad SMARTS) is 1. The minimum Gasteiger partial charge on any atom is -0.481 e. The van der Waals surface area contributed by atoms with E-state index < -0.39 is 11.8 Å². The van der Waals surface area contributed by atoms with Crippen molar-refractivity contribution in [2.45, 2.75) is 38.3 Å². The molecule has 0 aliphatic heterocycles. The molecule has 0 aromatic heterocycles. The first kappa shape index (κ1) is 20.5. The zero-order valence-corrected chi connectivity index (χ0v) is 15.5. The van der Waals surface area contributed by atoms with Crippen LogP contribution in [0.1, 0.15) is 31.2 Å². The monoisotopic (exact) mass is 386 g/mol. The Morgan fingerprint density at radius 1 is 1.35 bits per heavy atom. The van der Waals surface area contributed by atoms with Crippen molar-refractivity contribution in [3.05, 3.63) is 34.6 Å². The molecule has 2 amide bonds. The average Bonchev–Trinajstić information content (AvgIpc) is 2.60. The number of carbonyl (C=O) groups excluding carboxylic acids is 1. The molecule has 1 fully saturated rings. The number of aliphatic carboxylic acids is 1. The maximum absolute atomic E-state index is 13.2. The Morgan fingerprint density at radius 3 is 2.62 bits per heavy atom. The van der Waals surface area contributed by atoms with E-state index in [9.17, 15) is 14.0 Å². The fraction of sp³-hybridized carbons (Fsp3) is 0.556. The van der Waals surface area contributed by atoms with Crippen LogP contribution in [0.3, 0.4) is 0 Å². The van der Waals surface area contributed by atoms with Gasteiger partial charge < -0.3 is 20.1 Å². The number of carbonyl (C=O) groups is 2. The summed E-state index contributed by atoms with van der Waals surface area (Å²) in [5, 5.41) is 12.3. The van der Waals surface area contributed by atoms with Gasteiger partial charge in [0.2, 0.25) is 0 Å². The second-order valence-electron chi connectivity index (χ2n) is 6.49.